The van der Waals surface area contributed by atoms with Crippen LogP contribution in [-0.4, -0.2) is 23.5 Å². The van der Waals surface area contributed by atoms with Crippen LogP contribution in [0.3, 0.4) is 0 Å². The number of methoxy groups -OCH3 is 1. The Balaban J connectivity index is 1.38. The van der Waals surface area contributed by atoms with Crippen molar-refractivity contribution in [2.24, 2.45) is 0 Å². The summed E-state index contributed by atoms with van der Waals surface area (Å²) in [5.74, 6) is -0.666. The molecular formula is C31H28ClFN2O4S. The van der Waals surface area contributed by atoms with Crippen LogP contribution < -0.4 is 5.32 Å². The van der Waals surface area contributed by atoms with Crippen molar-refractivity contribution in [1.82, 2.24) is 4.37 Å². The van der Waals surface area contributed by atoms with E-state index in [1.165, 1.54) is 13.2 Å². The first-order chi connectivity index (χ1) is 19.1. The smallest absolute Gasteiger partial charge is 0.412 e. The highest BCUT2D eigenvalue weighted by Crippen LogP contribution is 2.49. The molecule has 1 amide bonds. The summed E-state index contributed by atoms with van der Waals surface area (Å²) in [5, 5.41) is 3.25. The van der Waals surface area contributed by atoms with Gasteiger partial charge in [0.25, 0.3) is 0 Å². The molecule has 1 atom stereocenters. The third-order valence-electron chi connectivity index (χ3n) is 7.35. The van der Waals surface area contributed by atoms with E-state index in [0.717, 1.165) is 46.6 Å². The molecule has 1 aliphatic rings. The van der Waals surface area contributed by atoms with Crippen molar-refractivity contribution in [2.45, 2.75) is 45.1 Å². The van der Waals surface area contributed by atoms with Gasteiger partial charge < -0.3 is 9.47 Å². The molecule has 1 N–H and O–H groups in total. The Morgan fingerprint density at radius 1 is 1.07 bits per heavy atom. The molecule has 1 aliphatic carbocycles. The number of aryl methyl sites for hydroxylation is 2. The Labute approximate surface area is 241 Å². The van der Waals surface area contributed by atoms with Crippen molar-refractivity contribution in [1.29, 1.82) is 0 Å². The Morgan fingerprint density at radius 2 is 1.77 bits per heavy atom. The number of nitrogens with zero attached hydrogens (tertiary/aromatic N) is 1. The third-order valence-corrected chi connectivity index (χ3v) is 8.67. The Hall–Kier alpha value is -3.75. The van der Waals surface area contributed by atoms with Crippen molar-refractivity contribution in [2.75, 3.05) is 12.4 Å². The lowest BCUT2D eigenvalue weighted by molar-refractivity contribution is -0.143. The number of amides is 1. The molecule has 40 heavy (non-hydrogen) atoms. The van der Waals surface area contributed by atoms with Crippen molar-refractivity contribution in [3.8, 4) is 21.6 Å². The van der Waals surface area contributed by atoms with E-state index in [0.29, 0.717) is 32.4 Å². The maximum absolute atomic E-state index is 15.6. The number of hydrogen-bond donors (Lipinski definition) is 1. The fourth-order valence-electron chi connectivity index (χ4n) is 4.93. The van der Waals surface area contributed by atoms with Crippen LogP contribution >= 0.6 is 23.1 Å². The van der Waals surface area contributed by atoms with Gasteiger partial charge in [0.15, 0.2) is 0 Å². The van der Waals surface area contributed by atoms with Crippen LogP contribution in [0.25, 0.3) is 21.6 Å². The van der Waals surface area contributed by atoms with Gasteiger partial charge in [-0.2, -0.15) is 4.37 Å². The molecule has 1 fully saturated rings. The second-order valence-electron chi connectivity index (χ2n) is 9.96. The molecule has 0 spiro atoms. The lowest BCUT2D eigenvalue weighted by atomic mass is 9.92. The SMILES string of the molecule is COC(=O)C1(c2ccc(-c3cc(F)c(-c4snc(C)c4NC(=O)O[C@H](C)c4ccccc4Cl)cc3C)cc2)CC1. The second kappa shape index (κ2) is 11.0. The summed E-state index contributed by atoms with van der Waals surface area (Å²) in [7, 11) is 1.40. The molecular weight excluding hydrogens is 551 g/mol. The van der Waals surface area contributed by atoms with Crippen LogP contribution in [0.1, 0.15) is 48.3 Å². The number of carbonyl (C=O) groups is 2. The minimum absolute atomic E-state index is 0.224. The topological polar surface area (TPSA) is 77.5 Å². The number of hydrogen-bond acceptors (Lipinski definition) is 6. The lowest BCUT2D eigenvalue weighted by Crippen LogP contribution is -2.21. The van der Waals surface area contributed by atoms with Crippen molar-refractivity contribution in [3.63, 3.8) is 0 Å². The molecule has 1 heterocycles. The van der Waals surface area contributed by atoms with Crippen molar-refractivity contribution in [3.05, 3.63) is 93.9 Å². The second-order valence-corrected chi connectivity index (χ2v) is 11.1. The summed E-state index contributed by atoms with van der Waals surface area (Å²) in [5.41, 5.74) is 4.74. The average Bonchev–Trinajstić information content (AvgIpc) is 3.68. The summed E-state index contributed by atoms with van der Waals surface area (Å²) >= 11 is 7.34. The number of nitrogens with one attached hydrogen (secondary N) is 1. The average molecular weight is 579 g/mol. The van der Waals surface area contributed by atoms with Gasteiger partial charge in [-0.15, -0.1) is 0 Å². The maximum Gasteiger partial charge on any atom is 0.412 e. The number of esters is 1. The highest BCUT2D eigenvalue weighted by atomic mass is 35.5. The van der Waals surface area contributed by atoms with Crippen LogP contribution in [-0.2, 0) is 19.7 Å². The van der Waals surface area contributed by atoms with Crippen molar-refractivity contribution >= 4 is 40.9 Å². The summed E-state index contributed by atoms with van der Waals surface area (Å²) in [6.45, 7) is 5.38. The first kappa shape index (κ1) is 27.8. The summed E-state index contributed by atoms with van der Waals surface area (Å²) < 4.78 is 30.5. The zero-order valence-corrected chi connectivity index (χ0v) is 24.1. The van der Waals surface area contributed by atoms with Gasteiger partial charge >= 0.3 is 12.1 Å². The molecule has 1 saturated carbocycles. The molecule has 206 valence electrons. The number of aromatic nitrogens is 1. The van der Waals surface area contributed by atoms with Gasteiger partial charge in [-0.1, -0.05) is 54.1 Å². The summed E-state index contributed by atoms with van der Waals surface area (Å²) in [6.07, 6.45) is 0.249. The molecule has 0 radical (unpaired) electrons. The Bertz CT molecular complexity index is 1600. The fraction of sp³-hybridized carbons (Fsp3) is 0.258. The van der Waals surface area contributed by atoms with Crippen LogP contribution in [0.4, 0.5) is 14.9 Å². The largest absolute Gasteiger partial charge is 0.468 e. The molecule has 0 aliphatic heterocycles. The lowest BCUT2D eigenvalue weighted by Gasteiger charge is -2.16. The minimum atomic E-state index is -0.689. The number of ether oxygens (including phenoxy) is 2. The van der Waals surface area contributed by atoms with E-state index in [1.807, 2.05) is 37.3 Å². The summed E-state index contributed by atoms with van der Waals surface area (Å²) in [6, 6.07) is 18.0. The molecule has 6 nitrogen and oxygen atoms in total. The van der Waals surface area contributed by atoms with Crippen LogP contribution in [0.5, 0.6) is 0 Å². The van der Waals surface area contributed by atoms with Gasteiger partial charge in [-0.05, 0) is 85.6 Å². The standard InChI is InChI=1S/C31H28ClFN2O4S/c1-17-15-24(26(33)16-23(17)20-9-11-21(12-10-20)31(13-14-31)29(36)38-4)28-27(18(2)35-40-28)34-30(37)39-19(3)22-7-5-6-8-25(22)32/h5-12,15-16,19H,13-14H2,1-4H3,(H,34,37)/t19-/m1/s1. The molecule has 0 unspecified atom stereocenters. The van der Waals surface area contributed by atoms with Crippen molar-refractivity contribution < 1.29 is 23.5 Å². The highest BCUT2D eigenvalue weighted by molar-refractivity contribution is 7.10. The number of benzene rings is 3. The number of rotatable bonds is 7. The van der Waals surface area contributed by atoms with E-state index >= 15 is 4.39 Å². The molecule has 0 bridgehead atoms. The minimum Gasteiger partial charge on any atom is -0.468 e. The highest BCUT2D eigenvalue weighted by Gasteiger charge is 2.52. The van der Waals surface area contributed by atoms with Crippen LogP contribution in [0.2, 0.25) is 5.02 Å². The zero-order chi connectivity index (χ0) is 28.6. The number of halogens is 2. The van der Waals surface area contributed by atoms with E-state index in [4.69, 9.17) is 21.1 Å². The van der Waals surface area contributed by atoms with Gasteiger partial charge in [0.05, 0.1) is 28.8 Å². The fourth-order valence-corrected chi connectivity index (χ4v) is 6.08. The molecule has 0 saturated heterocycles. The van der Waals surface area contributed by atoms with E-state index < -0.39 is 23.4 Å². The van der Waals surface area contributed by atoms with Crippen LogP contribution in [0.15, 0.2) is 60.7 Å². The Kier molecular flexibility index (Phi) is 7.66. The van der Waals surface area contributed by atoms with Gasteiger partial charge in [0.1, 0.15) is 11.9 Å². The zero-order valence-electron chi connectivity index (χ0n) is 22.5. The van der Waals surface area contributed by atoms with Gasteiger partial charge in [-0.3, -0.25) is 10.1 Å². The molecule has 3 aromatic carbocycles. The first-order valence-electron chi connectivity index (χ1n) is 12.8. The molecule has 4 aromatic rings. The predicted molar refractivity (Wildman–Crippen MR) is 155 cm³/mol. The van der Waals surface area contributed by atoms with E-state index in [-0.39, 0.29) is 5.97 Å². The van der Waals surface area contributed by atoms with E-state index in [9.17, 15) is 9.59 Å². The quantitative estimate of drug-likeness (QED) is 0.223. The van der Waals surface area contributed by atoms with E-state index in [2.05, 4.69) is 9.69 Å². The molecule has 9 heteroatoms. The van der Waals surface area contributed by atoms with Crippen LogP contribution in [0, 0.1) is 19.7 Å². The summed E-state index contributed by atoms with van der Waals surface area (Å²) in [4.78, 5) is 25.5. The van der Waals surface area contributed by atoms with Gasteiger partial charge in [-0.25, -0.2) is 9.18 Å². The molecule has 5 rings (SSSR count). The van der Waals surface area contributed by atoms with Gasteiger partial charge in [0, 0.05) is 16.1 Å². The number of anilines is 1. The normalized spacial score (nSPS) is 14.3. The monoisotopic (exact) mass is 578 g/mol. The Morgan fingerprint density at radius 3 is 2.42 bits per heavy atom. The van der Waals surface area contributed by atoms with Gasteiger partial charge in [0.2, 0.25) is 0 Å². The van der Waals surface area contributed by atoms with E-state index in [1.54, 1.807) is 38.1 Å². The molecule has 1 aromatic heterocycles. The predicted octanol–water partition coefficient (Wildman–Crippen LogP) is 8.40. The number of carbonyl (C=O) groups excluding carboxylic acids is 2. The maximum atomic E-state index is 15.6. The first-order valence-corrected chi connectivity index (χ1v) is 14.0. The third kappa shape index (κ3) is 5.21.